The molecule has 6 nitrogen and oxygen atoms in total. The van der Waals surface area contributed by atoms with Crippen LogP contribution in [0.15, 0.2) is 42.7 Å². The summed E-state index contributed by atoms with van der Waals surface area (Å²) in [7, 11) is 0. The fourth-order valence-corrected chi connectivity index (χ4v) is 5.69. The first-order valence-electron chi connectivity index (χ1n) is 11.6. The molecule has 3 heterocycles. The molecule has 0 spiro atoms. The van der Waals surface area contributed by atoms with Crippen molar-refractivity contribution < 1.29 is 4.79 Å². The zero-order chi connectivity index (χ0) is 23.1. The van der Waals surface area contributed by atoms with Crippen LogP contribution in [0.25, 0.3) is 11.0 Å². The lowest BCUT2D eigenvalue weighted by Gasteiger charge is -2.42. The van der Waals surface area contributed by atoms with E-state index in [-0.39, 0.29) is 24.0 Å². The quantitative estimate of drug-likeness (QED) is 0.579. The molecule has 0 unspecified atom stereocenters. The predicted molar refractivity (Wildman–Crippen MR) is 134 cm³/mol. The first-order valence-corrected chi connectivity index (χ1v) is 12.4. The number of carbonyl (C=O) groups is 1. The molecular formula is C25H29Cl2N5O. The molecule has 1 N–H and O–H groups in total. The van der Waals surface area contributed by atoms with E-state index in [1.807, 2.05) is 23.4 Å². The van der Waals surface area contributed by atoms with Gasteiger partial charge in [-0.05, 0) is 69.1 Å². The van der Waals surface area contributed by atoms with Crippen molar-refractivity contribution in [1.82, 2.24) is 19.8 Å². The van der Waals surface area contributed by atoms with Gasteiger partial charge in [-0.1, -0.05) is 29.3 Å². The van der Waals surface area contributed by atoms with Crippen LogP contribution in [0.1, 0.15) is 38.3 Å². The number of fused-ring (bicyclic) bond motifs is 1. The Kier molecular flexibility index (Phi) is 6.25. The van der Waals surface area contributed by atoms with Crippen LogP contribution in [0, 0.1) is 0 Å². The van der Waals surface area contributed by atoms with Crippen LogP contribution >= 0.6 is 23.2 Å². The monoisotopic (exact) mass is 485 g/mol. The van der Waals surface area contributed by atoms with Crippen molar-refractivity contribution >= 4 is 45.8 Å². The van der Waals surface area contributed by atoms with E-state index in [1.54, 1.807) is 6.07 Å². The summed E-state index contributed by atoms with van der Waals surface area (Å²) in [4.78, 5) is 21.9. The summed E-state index contributed by atoms with van der Waals surface area (Å²) < 4.78 is 2.16. The van der Waals surface area contributed by atoms with Crippen molar-refractivity contribution in [3.8, 4) is 0 Å². The van der Waals surface area contributed by atoms with E-state index < -0.39 is 0 Å². The smallest absolute Gasteiger partial charge is 0.240 e. The molecule has 0 aliphatic carbocycles. The minimum Gasteiger partial charge on any atom is -0.368 e. The first-order chi connectivity index (χ1) is 15.9. The Morgan fingerprint density at radius 3 is 2.76 bits per heavy atom. The van der Waals surface area contributed by atoms with Crippen LogP contribution in [0.5, 0.6) is 0 Å². The number of hydrogen-bond donors (Lipinski definition) is 1. The molecule has 0 bridgehead atoms. The molecule has 2 aliphatic heterocycles. The highest BCUT2D eigenvalue weighted by Gasteiger charge is 2.33. The average Bonchev–Trinajstić information content (AvgIpc) is 3.48. The van der Waals surface area contributed by atoms with Gasteiger partial charge in [0.25, 0.3) is 0 Å². The van der Waals surface area contributed by atoms with Gasteiger partial charge in [-0.25, -0.2) is 4.98 Å². The number of imidazole rings is 1. The molecule has 3 aromatic rings. The van der Waals surface area contributed by atoms with Crippen LogP contribution < -0.4 is 10.2 Å². The number of hydrogen-bond acceptors (Lipinski definition) is 4. The number of nitrogens with zero attached hydrogens (tertiary/aromatic N) is 4. The molecule has 0 saturated carbocycles. The molecule has 3 atom stereocenters. The molecular weight excluding hydrogens is 457 g/mol. The zero-order valence-electron chi connectivity index (χ0n) is 19.0. The highest BCUT2D eigenvalue weighted by molar-refractivity contribution is 6.35. The minimum absolute atomic E-state index is 0.00844. The van der Waals surface area contributed by atoms with E-state index in [0.29, 0.717) is 10.0 Å². The normalized spacial score (nSPS) is 22.2. The Balaban J connectivity index is 1.37. The van der Waals surface area contributed by atoms with Crippen molar-refractivity contribution in [2.45, 2.75) is 44.8 Å². The second kappa shape index (κ2) is 9.16. The third-order valence-electron chi connectivity index (χ3n) is 7.02. The Hall–Kier alpha value is -2.28. The van der Waals surface area contributed by atoms with Crippen molar-refractivity contribution in [3.63, 3.8) is 0 Å². The Morgan fingerprint density at radius 2 is 2.03 bits per heavy atom. The fourth-order valence-electron chi connectivity index (χ4n) is 5.12. The molecule has 1 aromatic heterocycles. The van der Waals surface area contributed by atoms with Gasteiger partial charge in [-0.2, -0.15) is 0 Å². The molecule has 2 aromatic carbocycles. The maximum absolute atomic E-state index is 12.9. The third kappa shape index (κ3) is 4.32. The van der Waals surface area contributed by atoms with Gasteiger partial charge in [0.05, 0.1) is 29.4 Å². The second-order valence-corrected chi connectivity index (χ2v) is 9.99. The lowest BCUT2D eigenvalue weighted by Crippen LogP contribution is -2.57. The SMILES string of the molecule is C[C@@H]1CN(c2ccc3ncn([C@H](C)c4ccc(Cl)cc4Cl)c3c2)CCN1C(=O)[C@H]1CCCN1. The number of piperazine rings is 1. The molecule has 2 saturated heterocycles. The van der Waals surface area contributed by atoms with Crippen molar-refractivity contribution in [1.29, 1.82) is 0 Å². The largest absolute Gasteiger partial charge is 0.368 e. The van der Waals surface area contributed by atoms with Crippen LogP contribution in [0.2, 0.25) is 10.0 Å². The summed E-state index contributed by atoms with van der Waals surface area (Å²) in [6.45, 7) is 7.58. The lowest BCUT2D eigenvalue weighted by atomic mass is 10.1. The number of anilines is 1. The Morgan fingerprint density at radius 1 is 1.18 bits per heavy atom. The lowest BCUT2D eigenvalue weighted by molar-refractivity contribution is -0.135. The maximum atomic E-state index is 12.9. The Bertz CT molecular complexity index is 1170. The highest BCUT2D eigenvalue weighted by Crippen LogP contribution is 2.32. The van der Waals surface area contributed by atoms with E-state index in [1.165, 1.54) is 0 Å². The minimum atomic E-state index is -0.00844. The van der Waals surface area contributed by atoms with Crippen LogP contribution in [0.3, 0.4) is 0 Å². The molecule has 2 aliphatic rings. The fraction of sp³-hybridized carbons (Fsp3) is 0.440. The third-order valence-corrected chi connectivity index (χ3v) is 7.58. The zero-order valence-corrected chi connectivity index (χ0v) is 20.5. The standard InChI is InChI=1S/C25H29Cl2N5O/c1-16-14-30(10-11-31(16)25(33)23-4-3-9-28-23)19-6-8-22-24(13-19)32(15-29-22)17(2)20-7-5-18(26)12-21(20)27/h5-8,12-13,15-17,23,28H,3-4,9-11,14H2,1-2H3/t16-,17-,23-/m1/s1. The van der Waals surface area contributed by atoms with Gasteiger partial charge >= 0.3 is 0 Å². The molecule has 0 radical (unpaired) electrons. The average molecular weight is 486 g/mol. The van der Waals surface area contributed by atoms with Gasteiger partial charge < -0.3 is 19.7 Å². The summed E-state index contributed by atoms with van der Waals surface area (Å²) in [5.74, 6) is 0.252. The first kappa shape index (κ1) is 22.5. The molecule has 33 heavy (non-hydrogen) atoms. The van der Waals surface area contributed by atoms with E-state index in [9.17, 15) is 4.79 Å². The van der Waals surface area contributed by atoms with Crippen LogP contribution in [-0.4, -0.2) is 58.6 Å². The van der Waals surface area contributed by atoms with Crippen molar-refractivity contribution in [2.75, 3.05) is 31.1 Å². The number of benzene rings is 2. The number of nitrogens with one attached hydrogen (secondary N) is 1. The van der Waals surface area contributed by atoms with Gasteiger partial charge in [-0.15, -0.1) is 0 Å². The summed E-state index contributed by atoms with van der Waals surface area (Å²) in [6, 6.07) is 12.2. The molecule has 5 rings (SSSR count). The predicted octanol–water partition coefficient (Wildman–Crippen LogP) is 4.74. The second-order valence-electron chi connectivity index (χ2n) is 9.14. The summed E-state index contributed by atoms with van der Waals surface area (Å²) >= 11 is 12.6. The number of rotatable bonds is 4. The number of amides is 1. The van der Waals surface area contributed by atoms with E-state index >= 15 is 0 Å². The Labute approximate surface area is 204 Å². The van der Waals surface area contributed by atoms with Gasteiger partial charge in [0.1, 0.15) is 0 Å². The van der Waals surface area contributed by atoms with Crippen molar-refractivity contribution in [2.24, 2.45) is 0 Å². The molecule has 8 heteroatoms. The van der Waals surface area contributed by atoms with E-state index in [2.05, 4.69) is 51.8 Å². The van der Waals surface area contributed by atoms with Gasteiger partial charge in [0.15, 0.2) is 0 Å². The van der Waals surface area contributed by atoms with Gasteiger partial charge in [-0.3, -0.25) is 4.79 Å². The van der Waals surface area contributed by atoms with Gasteiger partial charge in [0, 0.05) is 41.4 Å². The van der Waals surface area contributed by atoms with Crippen molar-refractivity contribution in [3.05, 3.63) is 58.3 Å². The molecule has 1 amide bonds. The number of aromatic nitrogens is 2. The van der Waals surface area contributed by atoms with E-state index in [4.69, 9.17) is 23.2 Å². The van der Waals surface area contributed by atoms with Crippen LogP contribution in [-0.2, 0) is 4.79 Å². The molecule has 174 valence electrons. The highest BCUT2D eigenvalue weighted by atomic mass is 35.5. The summed E-state index contributed by atoms with van der Waals surface area (Å²) in [5, 5.41) is 4.62. The summed E-state index contributed by atoms with van der Waals surface area (Å²) in [5.41, 5.74) is 4.17. The summed E-state index contributed by atoms with van der Waals surface area (Å²) in [6.07, 6.45) is 3.90. The van der Waals surface area contributed by atoms with Crippen LogP contribution in [0.4, 0.5) is 5.69 Å². The van der Waals surface area contributed by atoms with Gasteiger partial charge in [0.2, 0.25) is 5.91 Å². The number of carbonyl (C=O) groups excluding carboxylic acids is 1. The van der Waals surface area contributed by atoms with E-state index in [0.717, 1.165) is 61.3 Å². The number of halogens is 2. The maximum Gasteiger partial charge on any atom is 0.240 e. The molecule has 2 fully saturated rings. The topological polar surface area (TPSA) is 53.4 Å².